The fourth-order valence-corrected chi connectivity index (χ4v) is 9.05. The first-order chi connectivity index (χ1) is 31.1. The molecule has 0 bridgehead atoms. The number of rotatable bonds is 6. The zero-order valence-corrected chi connectivity index (χ0v) is 44.7. The number of pyridine rings is 1. The van der Waals surface area contributed by atoms with Gasteiger partial charge in [0.05, 0.1) is 5.58 Å². The van der Waals surface area contributed by atoms with Crippen LogP contribution < -0.4 is 0 Å². The Hall–Kier alpha value is -5.48. The molecule has 0 saturated heterocycles. The molecular formula is C62H67IrN3O-2. The van der Waals surface area contributed by atoms with Crippen LogP contribution in [0.5, 0.6) is 0 Å². The zero-order valence-electron chi connectivity index (χ0n) is 42.3. The van der Waals surface area contributed by atoms with E-state index in [0.29, 0.717) is 17.8 Å². The Labute approximate surface area is 413 Å². The summed E-state index contributed by atoms with van der Waals surface area (Å²) in [4.78, 5) is 13.8. The van der Waals surface area contributed by atoms with E-state index >= 15 is 0 Å². The Balaban J connectivity index is 0.000000331. The molecular weight excluding hydrogens is 995 g/mol. The van der Waals surface area contributed by atoms with E-state index in [2.05, 4.69) is 205 Å². The van der Waals surface area contributed by atoms with Gasteiger partial charge in [0.1, 0.15) is 11.9 Å². The van der Waals surface area contributed by atoms with Crippen molar-refractivity contribution in [3.05, 3.63) is 161 Å². The Bertz CT molecular complexity index is 3180. The molecule has 9 rings (SSSR count). The first-order valence-electron chi connectivity index (χ1n) is 23.8. The summed E-state index contributed by atoms with van der Waals surface area (Å²) >= 11 is 0. The van der Waals surface area contributed by atoms with Gasteiger partial charge >= 0.3 is 0 Å². The first kappa shape index (κ1) is 49.4. The maximum atomic E-state index is 6.92. The van der Waals surface area contributed by atoms with E-state index in [0.717, 1.165) is 50.1 Å². The topological polar surface area (TPSA) is 51.8 Å². The Morgan fingerprint density at radius 2 is 1.24 bits per heavy atom. The first-order valence-corrected chi connectivity index (χ1v) is 23.8. The molecule has 3 heterocycles. The second kappa shape index (κ2) is 18.9. The van der Waals surface area contributed by atoms with Crippen molar-refractivity contribution < 1.29 is 24.5 Å². The molecule has 3 aromatic heterocycles. The fraction of sp³-hybridized carbons (Fsp3) is 0.339. The molecule has 9 aromatic rings. The predicted molar refractivity (Wildman–Crippen MR) is 281 cm³/mol. The Kier molecular flexibility index (Phi) is 13.9. The van der Waals surface area contributed by atoms with Crippen molar-refractivity contribution in [1.82, 2.24) is 15.0 Å². The van der Waals surface area contributed by atoms with Gasteiger partial charge in [-0.2, -0.15) is 0 Å². The number of hydrogen-bond donors (Lipinski definition) is 0. The van der Waals surface area contributed by atoms with Gasteiger partial charge in [0, 0.05) is 42.8 Å². The minimum Gasteiger partial charge on any atom is -0.501 e. The second-order valence-electron chi connectivity index (χ2n) is 22.2. The standard InChI is InChI=1S/C47H51N2O.C15H16N.Ir/c1-26(2)32-21-34(27(3)4)43(35(22-32)28(5)6)31-16-14-29-13-15-30-19-38-41(23-37(30)36(29)20-31)50-45-33(17-18-39(44(38)45)46(7,8)9)40-24-42(47(10,11)12)49-25-48-40;1-15(2,3)13-9-10-14(16-11-13)12-7-5-4-6-8-12;/h13-16,18-28H,1-12H3;4-7,9-11H,1-3H3;/q2*-1;. The van der Waals surface area contributed by atoms with Crippen LogP contribution >= 0.6 is 0 Å². The molecule has 0 atom stereocenters. The molecule has 5 heteroatoms. The SMILES string of the molecule is CC(C)(C)c1ccc(-c2[c-]cccc2)nc1.CC(C)c1cc(C(C)C)c(-c2ccc3ccc4cc5c(cc4c3c2)oc2c(-c3cc(C(C)(C)C)ncn3)[c-]cc(C(C)(C)C)c25)c(C(C)C)c1.[Ir]. The maximum Gasteiger partial charge on any atom is 0.121 e. The summed E-state index contributed by atoms with van der Waals surface area (Å²) in [5.74, 6) is 1.31. The van der Waals surface area contributed by atoms with Crippen LogP contribution in [0.25, 0.3) is 77.1 Å². The molecule has 0 amide bonds. The Morgan fingerprint density at radius 3 is 1.82 bits per heavy atom. The number of hydrogen-bond acceptors (Lipinski definition) is 4. The molecule has 0 fully saturated rings. The summed E-state index contributed by atoms with van der Waals surface area (Å²) in [5.41, 5.74) is 15.8. The molecule has 0 spiro atoms. The number of furan rings is 1. The van der Waals surface area contributed by atoms with Gasteiger partial charge in [-0.15, -0.1) is 53.6 Å². The Morgan fingerprint density at radius 1 is 0.567 bits per heavy atom. The van der Waals surface area contributed by atoms with Crippen LogP contribution in [0.1, 0.15) is 155 Å². The quantitative estimate of drug-likeness (QED) is 0.123. The van der Waals surface area contributed by atoms with Crippen LogP contribution in [0.3, 0.4) is 0 Å². The summed E-state index contributed by atoms with van der Waals surface area (Å²) in [7, 11) is 0. The maximum absolute atomic E-state index is 6.92. The molecule has 1 radical (unpaired) electrons. The number of nitrogens with zero attached hydrogens (tertiary/aromatic N) is 3. The summed E-state index contributed by atoms with van der Waals surface area (Å²) in [6, 6.07) is 44.2. The van der Waals surface area contributed by atoms with E-state index in [1.54, 1.807) is 6.33 Å². The van der Waals surface area contributed by atoms with Gasteiger partial charge in [-0.1, -0.05) is 169 Å². The molecule has 67 heavy (non-hydrogen) atoms. The van der Waals surface area contributed by atoms with Crippen LogP contribution in [-0.2, 0) is 36.4 Å². The van der Waals surface area contributed by atoms with Crippen LogP contribution in [0.15, 0.2) is 120 Å². The molecule has 0 unspecified atom stereocenters. The average molecular weight is 1060 g/mol. The monoisotopic (exact) mass is 1060 g/mol. The van der Waals surface area contributed by atoms with Crippen molar-refractivity contribution in [2.45, 2.75) is 138 Å². The van der Waals surface area contributed by atoms with E-state index in [9.17, 15) is 0 Å². The van der Waals surface area contributed by atoms with Crippen molar-refractivity contribution in [3.63, 3.8) is 0 Å². The fourth-order valence-electron chi connectivity index (χ4n) is 9.05. The normalized spacial score (nSPS) is 12.4. The number of benzene rings is 6. The molecule has 0 aliphatic rings. The minimum atomic E-state index is -0.104. The van der Waals surface area contributed by atoms with Gasteiger partial charge < -0.3 is 9.40 Å². The minimum absolute atomic E-state index is 0. The molecule has 0 aliphatic heterocycles. The third-order valence-electron chi connectivity index (χ3n) is 13.0. The molecule has 4 nitrogen and oxygen atoms in total. The largest absolute Gasteiger partial charge is 0.501 e. The molecule has 6 aromatic carbocycles. The van der Waals surface area contributed by atoms with Crippen molar-refractivity contribution >= 4 is 43.5 Å². The van der Waals surface area contributed by atoms with Crippen molar-refractivity contribution in [3.8, 4) is 33.6 Å². The van der Waals surface area contributed by atoms with Crippen LogP contribution in [0.2, 0.25) is 0 Å². The third-order valence-corrected chi connectivity index (χ3v) is 13.0. The van der Waals surface area contributed by atoms with Gasteiger partial charge in [0.15, 0.2) is 0 Å². The van der Waals surface area contributed by atoms with Gasteiger partial charge in [0.25, 0.3) is 0 Å². The zero-order chi connectivity index (χ0) is 47.5. The van der Waals surface area contributed by atoms with E-state index in [1.807, 2.05) is 30.5 Å². The molecule has 347 valence electrons. The molecule has 0 N–H and O–H groups in total. The summed E-state index contributed by atoms with van der Waals surface area (Å²) in [6.07, 6.45) is 3.62. The summed E-state index contributed by atoms with van der Waals surface area (Å²) < 4.78 is 6.92. The van der Waals surface area contributed by atoms with E-state index in [-0.39, 0.29) is 36.4 Å². The van der Waals surface area contributed by atoms with E-state index in [1.165, 1.54) is 60.5 Å². The van der Waals surface area contributed by atoms with E-state index < -0.39 is 0 Å². The third kappa shape index (κ3) is 10.1. The van der Waals surface area contributed by atoms with Crippen LogP contribution in [-0.4, -0.2) is 15.0 Å². The van der Waals surface area contributed by atoms with Crippen LogP contribution in [0, 0.1) is 12.1 Å². The number of fused-ring (bicyclic) bond motifs is 6. The van der Waals surface area contributed by atoms with Gasteiger partial charge in [0.2, 0.25) is 0 Å². The molecule has 0 saturated carbocycles. The predicted octanol–water partition coefficient (Wildman–Crippen LogP) is 17.6. The smallest absolute Gasteiger partial charge is 0.121 e. The average Bonchev–Trinajstić information content (AvgIpc) is 3.65. The summed E-state index contributed by atoms with van der Waals surface area (Å²) in [6.45, 7) is 33.8. The number of aromatic nitrogens is 3. The summed E-state index contributed by atoms with van der Waals surface area (Å²) in [5, 5.41) is 7.15. The van der Waals surface area contributed by atoms with Crippen molar-refractivity contribution in [2.24, 2.45) is 0 Å². The van der Waals surface area contributed by atoms with Crippen LogP contribution in [0.4, 0.5) is 0 Å². The van der Waals surface area contributed by atoms with E-state index in [4.69, 9.17) is 9.40 Å². The van der Waals surface area contributed by atoms with Crippen molar-refractivity contribution in [1.29, 1.82) is 0 Å². The van der Waals surface area contributed by atoms with Gasteiger partial charge in [-0.25, -0.2) is 4.98 Å². The second-order valence-corrected chi connectivity index (χ2v) is 22.2. The molecule has 0 aliphatic carbocycles. The van der Waals surface area contributed by atoms with Gasteiger partial charge in [-0.3, -0.25) is 4.98 Å². The van der Waals surface area contributed by atoms with Crippen molar-refractivity contribution in [2.75, 3.05) is 0 Å². The van der Waals surface area contributed by atoms with Gasteiger partial charge in [-0.05, 0) is 113 Å².